The molecule has 7 heteroatoms. The lowest BCUT2D eigenvalue weighted by Gasteiger charge is -2.11. The topological polar surface area (TPSA) is 72.2 Å². The minimum absolute atomic E-state index is 0.0331. The summed E-state index contributed by atoms with van der Waals surface area (Å²) in [5.41, 5.74) is 1.35. The molecule has 1 amide bonds. The fourth-order valence-corrected chi connectivity index (χ4v) is 2.73. The summed E-state index contributed by atoms with van der Waals surface area (Å²) in [6.07, 6.45) is 0. The molecular weight excluding hydrogens is 319 g/mol. The maximum absolute atomic E-state index is 12.8. The van der Waals surface area contributed by atoms with Crippen molar-refractivity contribution in [2.24, 2.45) is 0 Å². The van der Waals surface area contributed by atoms with Gasteiger partial charge in [-0.1, -0.05) is 12.1 Å². The number of nitrogens with zero attached hydrogens (tertiary/aromatic N) is 1. The highest BCUT2D eigenvalue weighted by Crippen LogP contribution is 2.30. The van der Waals surface area contributed by atoms with Crippen molar-refractivity contribution in [2.45, 2.75) is 12.2 Å². The number of thioether (sulfide) groups is 1. The molecule has 2 rings (SSSR count). The molecule has 0 aliphatic rings. The number of amides is 1. The number of non-ortho nitro benzene ring substituents is 1. The van der Waals surface area contributed by atoms with Gasteiger partial charge in [-0.15, -0.1) is 11.8 Å². The zero-order valence-electron chi connectivity index (χ0n) is 12.4. The van der Waals surface area contributed by atoms with Crippen molar-refractivity contribution in [3.63, 3.8) is 0 Å². The highest BCUT2D eigenvalue weighted by molar-refractivity contribution is 8.00. The van der Waals surface area contributed by atoms with Crippen molar-refractivity contribution in [1.29, 1.82) is 0 Å². The Morgan fingerprint density at radius 1 is 1.30 bits per heavy atom. The molecule has 0 saturated heterocycles. The van der Waals surface area contributed by atoms with Gasteiger partial charge < -0.3 is 5.32 Å². The van der Waals surface area contributed by atoms with Gasteiger partial charge in [0.25, 0.3) is 5.69 Å². The minimum Gasteiger partial charge on any atom is -0.325 e. The first-order valence-electron chi connectivity index (χ1n) is 6.87. The summed E-state index contributed by atoms with van der Waals surface area (Å²) in [6.45, 7) is 1.88. The van der Waals surface area contributed by atoms with Gasteiger partial charge in [0.05, 0.1) is 10.7 Å². The van der Waals surface area contributed by atoms with Crippen molar-refractivity contribution in [3.05, 3.63) is 70.0 Å². The lowest BCUT2D eigenvalue weighted by atomic mass is 10.1. The molecule has 0 bridgehead atoms. The number of nitrogens with one attached hydrogen (secondary N) is 1. The highest BCUT2D eigenvalue weighted by atomic mass is 32.2. The normalized spacial score (nSPS) is 11.7. The fraction of sp³-hybridized carbons (Fsp3) is 0.188. The third-order valence-electron chi connectivity index (χ3n) is 3.14. The lowest BCUT2D eigenvalue weighted by Crippen LogP contribution is -2.14. The van der Waals surface area contributed by atoms with Crippen LogP contribution in [0, 0.1) is 15.9 Å². The molecule has 120 valence electrons. The number of carbonyl (C=O) groups is 1. The van der Waals surface area contributed by atoms with Crippen LogP contribution in [0.15, 0.2) is 48.5 Å². The van der Waals surface area contributed by atoms with E-state index in [-0.39, 0.29) is 28.4 Å². The van der Waals surface area contributed by atoms with Gasteiger partial charge in [0.2, 0.25) is 5.91 Å². The molecule has 0 fully saturated rings. The van der Waals surface area contributed by atoms with Crippen LogP contribution in [0.4, 0.5) is 15.8 Å². The minimum atomic E-state index is -0.442. The van der Waals surface area contributed by atoms with Crippen molar-refractivity contribution < 1.29 is 14.1 Å². The lowest BCUT2D eigenvalue weighted by molar-refractivity contribution is -0.384. The molecule has 0 aliphatic heterocycles. The summed E-state index contributed by atoms with van der Waals surface area (Å²) in [5.74, 6) is -0.378. The number of nitro groups is 1. The molecule has 0 unspecified atom stereocenters. The van der Waals surface area contributed by atoms with Gasteiger partial charge in [-0.3, -0.25) is 14.9 Å². The Hall–Kier alpha value is -2.41. The first kappa shape index (κ1) is 17.0. The molecule has 5 nitrogen and oxygen atoms in total. The summed E-state index contributed by atoms with van der Waals surface area (Å²) in [4.78, 5) is 22.2. The van der Waals surface area contributed by atoms with Crippen LogP contribution in [0.3, 0.4) is 0 Å². The van der Waals surface area contributed by atoms with Crippen LogP contribution in [0.5, 0.6) is 0 Å². The van der Waals surface area contributed by atoms with E-state index in [1.807, 2.05) is 6.92 Å². The van der Waals surface area contributed by atoms with Crippen LogP contribution < -0.4 is 5.32 Å². The van der Waals surface area contributed by atoms with Gasteiger partial charge in [0, 0.05) is 23.1 Å². The number of benzene rings is 2. The van der Waals surface area contributed by atoms with E-state index in [0.29, 0.717) is 5.69 Å². The largest absolute Gasteiger partial charge is 0.325 e. The van der Waals surface area contributed by atoms with E-state index in [1.54, 1.807) is 12.1 Å². The summed E-state index contributed by atoms with van der Waals surface area (Å²) in [7, 11) is 0. The zero-order chi connectivity index (χ0) is 16.8. The third-order valence-corrected chi connectivity index (χ3v) is 4.34. The second-order valence-electron chi connectivity index (χ2n) is 4.86. The smallest absolute Gasteiger partial charge is 0.269 e. The average molecular weight is 334 g/mol. The van der Waals surface area contributed by atoms with Crippen molar-refractivity contribution in [1.82, 2.24) is 0 Å². The monoisotopic (exact) mass is 334 g/mol. The molecule has 0 aliphatic carbocycles. The van der Waals surface area contributed by atoms with E-state index >= 15 is 0 Å². The van der Waals surface area contributed by atoms with Crippen molar-refractivity contribution >= 4 is 29.0 Å². The van der Waals surface area contributed by atoms with Crippen molar-refractivity contribution in [3.8, 4) is 0 Å². The Labute approximate surface area is 137 Å². The van der Waals surface area contributed by atoms with Crippen LogP contribution in [0.25, 0.3) is 0 Å². The van der Waals surface area contributed by atoms with E-state index in [2.05, 4.69) is 5.32 Å². The molecule has 23 heavy (non-hydrogen) atoms. The van der Waals surface area contributed by atoms with E-state index < -0.39 is 4.92 Å². The summed E-state index contributed by atoms with van der Waals surface area (Å²) in [6, 6.07) is 11.9. The van der Waals surface area contributed by atoms with Gasteiger partial charge in [-0.25, -0.2) is 4.39 Å². The molecule has 0 aromatic heterocycles. The molecule has 0 saturated carbocycles. The molecular formula is C16H15FN2O3S. The molecule has 0 radical (unpaired) electrons. The fourth-order valence-electron chi connectivity index (χ4n) is 1.92. The number of hydrogen-bond acceptors (Lipinski definition) is 4. The predicted octanol–water partition coefficient (Wildman–Crippen LogP) is 4.17. The molecule has 0 heterocycles. The maximum Gasteiger partial charge on any atom is 0.269 e. The first-order chi connectivity index (χ1) is 11.0. The number of halogens is 1. The predicted molar refractivity (Wildman–Crippen MR) is 89.0 cm³/mol. The Balaban J connectivity index is 1.89. The second-order valence-corrected chi connectivity index (χ2v) is 6.19. The standard InChI is InChI=1S/C16H15FN2O3S/c1-11(12-3-2-4-15(9-12)19(21)22)23-10-16(20)18-14-7-5-13(17)6-8-14/h2-9,11H,10H2,1H3,(H,18,20)/t11-/m0/s1. The number of nitro benzene ring substituents is 1. The van der Waals surface area contributed by atoms with E-state index in [4.69, 9.17) is 0 Å². The Morgan fingerprint density at radius 2 is 2.00 bits per heavy atom. The van der Waals surface area contributed by atoms with E-state index in [9.17, 15) is 19.3 Å². The molecule has 1 atom stereocenters. The van der Waals surface area contributed by atoms with Gasteiger partial charge in [0.15, 0.2) is 0 Å². The maximum atomic E-state index is 12.8. The van der Waals surface area contributed by atoms with Crippen molar-refractivity contribution in [2.75, 3.05) is 11.1 Å². The SMILES string of the molecule is C[C@H](SCC(=O)Nc1ccc(F)cc1)c1cccc([N+](=O)[O-])c1. The Bertz CT molecular complexity index is 707. The Kier molecular flexibility index (Phi) is 5.70. The van der Waals surface area contributed by atoms with Crippen LogP contribution >= 0.6 is 11.8 Å². The molecule has 2 aromatic carbocycles. The summed E-state index contributed by atoms with van der Waals surface area (Å²) < 4.78 is 12.8. The number of carbonyl (C=O) groups excluding carboxylic acids is 1. The molecule has 1 N–H and O–H groups in total. The van der Waals surface area contributed by atoms with Crippen LogP contribution in [-0.4, -0.2) is 16.6 Å². The summed E-state index contributed by atoms with van der Waals surface area (Å²) in [5, 5.41) is 13.4. The average Bonchev–Trinajstić information content (AvgIpc) is 2.55. The van der Waals surface area contributed by atoms with Crippen LogP contribution in [0.2, 0.25) is 0 Å². The van der Waals surface area contributed by atoms with Gasteiger partial charge >= 0.3 is 0 Å². The van der Waals surface area contributed by atoms with Crippen LogP contribution in [-0.2, 0) is 4.79 Å². The van der Waals surface area contributed by atoms with Gasteiger partial charge in [-0.2, -0.15) is 0 Å². The first-order valence-corrected chi connectivity index (χ1v) is 7.92. The number of hydrogen-bond donors (Lipinski definition) is 1. The summed E-state index contributed by atoms with van der Waals surface area (Å²) >= 11 is 1.37. The van der Waals surface area contributed by atoms with E-state index in [0.717, 1.165) is 5.56 Å². The van der Waals surface area contributed by atoms with Gasteiger partial charge in [-0.05, 0) is 36.8 Å². The highest BCUT2D eigenvalue weighted by Gasteiger charge is 2.13. The third kappa shape index (κ3) is 5.07. The zero-order valence-corrected chi connectivity index (χ0v) is 13.2. The van der Waals surface area contributed by atoms with Gasteiger partial charge in [0.1, 0.15) is 5.82 Å². The number of rotatable bonds is 6. The van der Waals surface area contributed by atoms with Crippen LogP contribution in [0.1, 0.15) is 17.7 Å². The molecule has 2 aromatic rings. The Morgan fingerprint density at radius 3 is 2.65 bits per heavy atom. The number of anilines is 1. The van der Waals surface area contributed by atoms with E-state index in [1.165, 1.54) is 48.2 Å². The quantitative estimate of drug-likeness (QED) is 0.636. The molecule has 0 spiro atoms. The second kappa shape index (κ2) is 7.73.